The smallest absolute Gasteiger partial charge is 0.254 e. The van der Waals surface area contributed by atoms with Gasteiger partial charge in [-0.25, -0.2) is 4.98 Å². The Morgan fingerprint density at radius 1 is 1.29 bits per heavy atom. The Hall–Kier alpha value is -2.59. The van der Waals surface area contributed by atoms with Gasteiger partial charge in [-0.15, -0.1) is 23.7 Å². The molecule has 0 aliphatic carbocycles. The molecule has 1 aliphatic rings. The van der Waals surface area contributed by atoms with E-state index in [1.807, 2.05) is 28.6 Å². The molecule has 0 radical (unpaired) electrons. The van der Waals surface area contributed by atoms with Gasteiger partial charge in [-0.1, -0.05) is 0 Å². The van der Waals surface area contributed by atoms with E-state index in [4.69, 9.17) is 20.2 Å². The molecule has 0 spiro atoms. The Balaban J connectivity index is 0.00000274. The van der Waals surface area contributed by atoms with Crippen molar-refractivity contribution in [2.24, 2.45) is 12.8 Å². The molecule has 34 heavy (non-hydrogen) atoms. The zero-order valence-corrected chi connectivity index (χ0v) is 21.2. The predicted molar refractivity (Wildman–Crippen MR) is 138 cm³/mol. The maximum Gasteiger partial charge on any atom is 0.254 e. The topological polar surface area (TPSA) is 87.5 Å². The highest BCUT2D eigenvalue weighted by molar-refractivity contribution is 7.16. The number of thiophene rings is 1. The number of aryl methyl sites for hydroxylation is 1. The average molecular weight is 504 g/mol. The van der Waals surface area contributed by atoms with E-state index in [1.54, 1.807) is 25.6 Å². The van der Waals surface area contributed by atoms with Crippen LogP contribution in [0.15, 0.2) is 29.6 Å². The lowest BCUT2D eigenvalue weighted by Gasteiger charge is -2.30. The number of nitrogens with zero attached hydrogens (tertiary/aromatic N) is 4. The summed E-state index contributed by atoms with van der Waals surface area (Å²) in [7, 11) is 5.33. The van der Waals surface area contributed by atoms with Crippen LogP contribution in [-0.2, 0) is 18.3 Å². The summed E-state index contributed by atoms with van der Waals surface area (Å²) < 4.78 is 15.4. The van der Waals surface area contributed by atoms with Crippen LogP contribution in [0.2, 0.25) is 0 Å². The number of carbonyl (C=O) groups is 1. The monoisotopic (exact) mass is 503 g/mol. The fourth-order valence-electron chi connectivity index (χ4n) is 4.76. The highest BCUT2D eigenvalue weighted by Crippen LogP contribution is 2.35. The number of ether oxygens (including phenoxy) is 2. The minimum atomic E-state index is -0.0264. The first-order chi connectivity index (χ1) is 16.0. The summed E-state index contributed by atoms with van der Waals surface area (Å²) in [6, 6.07) is 8.00. The zero-order chi connectivity index (χ0) is 23.1. The highest BCUT2D eigenvalue weighted by atomic mass is 35.5. The van der Waals surface area contributed by atoms with Crippen LogP contribution < -0.4 is 10.5 Å². The van der Waals surface area contributed by atoms with Gasteiger partial charge in [-0.3, -0.25) is 4.79 Å². The number of rotatable bonds is 6. The molecule has 3 aromatic heterocycles. The number of fused-ring (bicyclic) bond motifs is 2. The zero-order valence-electron chi connectivity index (χ0n) is 19.6. The Kier molecular flexibility index (Phi) is 7.18. The third-order valence-electron chi connectivity index (χ3n) is 6.40. The molecule has 0 saturated carbocycles. The van der Waals surface area contributed by atoms with Gasteiger partial charge >= 0.3 is 0 Å². The van der Waals surface area contributed by atoms with Gasteiger partial charge in [0.05, 0.1) is 24.9 Å². The second-order valence-corrected chi connectivity index (χ2v) is 9.44. The summed E-state index contributed by atoms with van der Waals surface area (Å²) in [4.78, 5) is 21.2. The lowest BCUT2D eigenvalue weighted by atomic mass is 10.0. The summed E-state index contributed by atoms with van der Waals surface area (Å²) in [5.41, 5.74) is 9.30. The first-order valence-corrected chi connectivity index (χ1v) is 12.0. The first kappa shape index (κ1) is 24.5. The van der Waals surface area contributed by atoms with Crippen molar-refractivity contribution >= 4 is 50.9 Å². The van der Waals surface area contributed by atoms with E-state index in [2.05, 4.69) is 22.1 Å². The molecule has 1 aliphatic heterocycles. The number of halogens is 1. The first-order valence-electron chi connectivity index (χ1n) is 11.2. The van der Waals surface area contributed by atoms with Crippen LogP contribution in [0.1, 0.15) is 23.2 Å². The quantitative estimate of drug-likeness (QED) is 0.431. The number of aromatic nitrogens is 3. The average Bonchev–Trinajstić information content (AvgIpc) is 3.50. The van der Waals surface area contributed by atoms with Crippen molar-refractivity contribution < 1.29 is 14.3 Å². The van der Waals surface area contributed by atoms with Gasteiger partial charge in [0.1, 0.15) is 16.1 Å². The van der Waals surface area contributed by atoms with Crippen LogP contribution in [0, 0.1) is 0 Å². The Morgan fingerprint density at radius 3 is 2.85 bits per heavy atom. The molecule has 1 amide bonds. The maximum atomic E-state index is 13.2. The van der Waals surface area contributed by atoms with Gasteiger partial charge in [0.25, 0.3) is 5.91 Å². The molecule has 5 rings (SSSR count). The number of carbonyl (C=O) groups excluding carboxylic acids is 1. The van der Waals surface area contributed by atoms with Crippen molar-refractivity contribution in [1.82, 2.24) is 19.0 Å². The van der Waals surface area contributed by atoms with Gasteiger partial charge in [-0.2, -0.15) is 0 Å². The predicted octanol–water partition coefficient (Wildman–Crippen LogP) is 3.90. The van der Waals surface area contributed by atoms with Gasteiger partial charge in [0.2, 0.25) is 0 Å². The molecule has 4 heterocycles. The van der Waals surface area contributed by atoms with Gasteiger partial charge in [-0.05, 0) is 42.5 Å². The van der Waals surface area contributed by atoms with E-state index < -0.39 is 0 Å². The van der Waals surface area contributed by atoms with Crippen LogP contribution in [0.5, 0.6) is 5.75 Å². The SMILES string of the molecule is COCCn1c(-c2nc3cc(C(=O)N4CCC[C@@H](N)C4)cc(OC)c3n2C)cc2ccsc21.Cl. The van der Waals surface area contributed by atoms with Crippen LogP contribution in [0.4, 0.5) is 0 Å². The van der Waals surface area contributed by atoms with Gasteiger partial charge < -0.3 is 29.2 Å². The second-order valence-electron chi connectivity index (χ2n) is 8.55. The van der Waals surface area contributed by atoms with Crippen LogP contribution in [-0.4, -0.2) is 64.9 Å². The molecule has 1 aromatic carbocycles. The van der Waals surface area contributed by atoms with Gasteiger partial charge in [0, 0.05) is 50.8 Å². The van der Waals surface area contributed by atoms with Crippen LogP contribution >= 0.6 is 23.7 Å². The molecular weight excluding hydrogens is 474 g/mol. The Morgan fingerprint density at radius 2 is 2.12 bits per heavy atom. The summed E-state index contributed by atoms with van der Waals surface area (Å²) in [6.07, 6.45) is 1.88. The number of imidazole rings is 1. The number of likely N-dealkylation sites (tertiary alicyclic amines) is 1. The third-order valence-corrected chi connectivity index (χ3v) is 7.35. The van der Waals surface area contributed by atoms with E-state index in [0.29, 0.717) is 24.5 Å². The molecular formula is C24H30ClN5O3S. The highest BCUT2D eigenvalue weighted by Gasteiger charge is 2.25. The molecule has 0 unspecified atom stereocenters. The second kappa shape index (κ2) is 9.95. The van der Waals surface area contributed by atoms with Crippen LogP contribution in [0.25, 0.3) is 32.8 Å². The van der Waals surface area contributed by atoms with E-state index in [9.17, 15) is 4.79 Å². The molecule has 0 bridgehead atoms. The third kappa shape index (κ3) is 4.17. The van der Waals surface area contributed by atoms with E-state index in [0.717, 1.165) is 48.5 Å². The molecule has 1 fully saturated rings. The molecule has 182 valence electrons. The number of methoxy groups -OCH3 is 2. The summed E-state index contributed by atoms with van der Waals surface area (Å²) in [6.45, 7) is 2.65. The summed E-state index contributed by atoms with van der Waals surface area (Å²) >= 11 is 1.71. The van der Waals surface area contributed by atoms with Crippen molar-refractivity contribution in [1.29, 1.82) is 0 Å². The fourth-order valence-corrected chi connectivity index (χ4v) is 5.68. The lowest BCUT2D eigenvalue weighted by Crippen LogP contribution is -2.45. The van der Waals surface area contributed by atoms with Crippen molar-refractivity contribution in [3.05, 3.63) is 35.2 Å². The summed E-state index contributed by atoms with van der Waals surface area (Å²) in [5, 5.41) is 3.28. The summed E-state index contributed by atoms with van der Waals surface area (Å²) in [5.74, 6) is 1.43. The molecule has 1 atom stereocenters. The normalized spacial score (nSPS) is 16.2. The minimum absolute atomic E-state index is 0. The van der Waals surface area contributed by atoms with Crippen LogP contribution in [0.3, 0.4) is 0 Å². The van der Waals surface area contributed by atoms with E-state index in [1.165, 1.54) is 10.2 Å². The fraction of sp³-hybridized carbons (Fsp3) is 0.417. The number of amides is 1. The largest absolute Gasteiger partial charge is 0.494 e. The molecule has 2 N–H and O–H groups in total. The number of nitrogens with two attached hydrogens (primary N) is 1. The Labute approximate surface area is 208 Å². The molecule has 1 saturated heterocycles. The standard InChI is InChI=1S/C24H29N5O3S.ClH/c1-27-21-18(11-16(13-20(21)32-3)23(30)28-7-4-5-17(25)14-28)26-22(27)19-12-15-6-10-33-24(15)29(19)8-9-31-2;/h6,10-13,17H,4-5,7-9,14,25H2,1-3H3;1H/t17-;/m1./s1. The van der Waals surface area contributed by atoms with E-state index in [-0.39, 0.29) is 24.4 Å². The van der Waals surface area contributed by atoms with Crippen molar-refractivity contribution in [2.75, 3.05) is 33.9 Å². The molecule has 4 aromatic rings. The molecule has 8 nitrogen and oxygen atoms in total. The number of hydrogen-bond donors (Lipinski definition) is 1. The van der Waals surface area contributed by atoms with Gasteiger partial charge in [0.15, 0.2) is 5.82 Å². The lowest BCUT2D eigenvalue weighted by molar-refractivity contribution is 0.0708. The van der Waals surface area contributed by atoms with Crippen molar-refractivity contribution in [2.45, 2.75) is 25.4 Å². The molecule has 10 heteroatoms. The Bertz CT molecular complexity index is 1330. The minimum Gasteiger partial charge on any atom is -0.494 e. The maximum absolute atomic E-state index is 13.2. The number of benzene rings is 1. The van der Waals surface area contributed by atoms with E-state index >= 15 is 0 Å². The van der Waals surface area contributed by atoms with Crippen molar-refractivity contribution in [3.8, 4) is 17.3 Å². The number of piperidine rings is 1. The number of hydrogen-bond acceptors (Lipinski definition) is 6. The van der Waals surface area contributed by atoms with Crippen molar-refractivity contribution in [3.63, 3.8) is 0 Å².